The van der Waals surface area contributed by atoms with Crippen LogP contribution in [0.1, 0.15) is 83.2 Å². The molecule has 0 bridgehead atoms. The quantitative estimate of drug-likeness (QED) is 0.156. The van der Waals surface area contributed by atoms with Crippen LogP contribution in [0.15, 0.2) is 40.4 Å². The number of β-amino-alcohol motifs (C(OH)–C–C–N with tert-alkyl or cyclic N) is 1. The van der Waals surface area contributed by atoms with Gasteiger partial charge in [0.05, 0.1) is 35.4 Å². The smallest absolute Gasteiger partial charge is 0.410 e. The number of aromatic nitrogens is 2. The van der Waals surface area contributed by atoms with Crippen LogP contribution < -0.4 is 10.1 Å². The highest BCUT2D eigenvalue weighted by atomic mass is 32.1. The summed E-state index contributed by atoms with van der Waals surface area (Å²) in [6.07, 6.45) is 0.339. The van der Waals surface area contributed by atoms with Crippen molar-refractivity contribution in [2.75, 3.05) is 53.6 Å². The first kappa shape index (κ1) is 44.2. The summed E-state index contributed by atoms with van der Waals surface area (Å²) < 4.78 is 22.6. The lowest BCUT2D eigenvalue weighted by Crippen LogP contribution is -2.48. The van der Waals surface area contributed by atoms with Crippen LogP contribution in [-0.4, -0.2) is 125 Å². The number of likely N-dealkylation sites (tertiary alicyclic amines) is 1. The van der Waals surface area contributed by atoms with E-state index in [-0.39, 0.29) is 75.1 Å². The van der Waals surface area contributed by atoms with Gasteiger partial charge in [0.25, 0.3) is 5.88 Å². The Bertz CT molecular complexity index is 1740. The zero-order valence-corrected chi connectivity index (χ0v) is 34.7. The summed E-state index contributed by atoms with van der Waals surface area (Å²) in [5.74, 6) is -1.10. The van der Waals surface area contributed by atoms with E-state index in [0.717, 1.165) is 21.7 Å². The predicted molar refractivity (Wildman–Crippen MR) is 211 cm³/mol. The molecule has 0 aliphatic carbocycles. The SMILES string of the molecule is Cc1ncsc1-c1ccc(CNC(=O)[C@@H]2C[C@@H](O)CN2C(=O)[C@H](c2cc(OCCCCOCCN(CCC(=O)N(C)C)C(=O)OC(C)(C)C)no2)C(C)C)cc1. The number of aryl methyl sites for hydroxylation is 1. The lowest BCUT2D eigenvalue weighted by atomic mass is 9.91. The van der Waals surface area contributed by atoms with Crippen LogP contribution in [0, 0.1) is 12.8 Å². The van der Waals surface area contributed by atoms with Crippen LogP contribution in [0.5, 0.6) is 5.88 Å². The number of unbranched alkanes of at least 4 members (excludes halogenated alkanes) is 1. The largest absolute Gasteiger partial charge is 0.476 e. The highest BCUT2D eigenvalue weighted by Crippen LogP contribution is 2.33. The molecule has 3 atom stereocenters. The molecule has 3 aromatic rings. The molecule has 1 aromatic carbocycles. The van der Waals surface area contributed by atoms with Gasteiger partial charge in [0.1, 0.15) is 17.6 Å². The number of amides is 4. The van der Waals surface area contributed by atoms with E-state index in [0.29, 0.717) is 31.8 Å². The zero-order valence-electron chi connectivity index (χ0n) is 33.9. The maximum Gasteiger partial charge on any atom is 0.410 e. The van der Waals surface area contributed by atoms with Gasteiger partial charge in [-0.05, 0) is 62.7 Å². The van der Waals surface area contributed by atoms with Crippen LogP contribution in [0.3, 0.4) is 0 Å². The van der Waals surface area contributed by atoms with Crippen molar-refractivity contribution in [1.29, 1.82) is 0 Å². The number of carbonyl (C=O) groups excluding carboxylic acids is 4. The Morgan fingerprint density at radius 3 is 2.43 bits per heavy atom. The molecule has 308 valence electrons. The molecule has 0 spiro atoms. The van der Waals surface area contributed by atoms with Gasteiger partial charge in [-0.1, -0.05) is 38.1 Å². The van der Waals surface area contributed by atoms with Crippen molar-refractivity contribution < 1.29 is 43.0 Å². The van der Waals surface area contributed by atoms with Gasteiger partial charge in [0, 0.05) is 65.8 Å². The van der Waals surface area contributed by atoms with Crippen LogP contribution in [0.25, 0.3) is 10.4 Å². The van der Waals surface area contributed by atoms with E-state index >= 15 is 0 Å². The van der Waals surface area contributed by atoms with E-state index in [1.54, 1.807) is 52.3 Å². The van der Waals surface area contributed by atoms with Gasteiger partial charge in [-0.15, -0.1) is 11.3 Å². The van der Waals surface area contributed by atoms with Gasteiger partial charge in [-0.25, -0.2) is 9.78 Å². The molecule has 0 saturated carbocycles. The van der Waals surface area contributed by atoms with Gasteiger partial charge in [0.2, 0.25) is 17.7 Å². The topological polar surface area (TPSA) is 177 Å². The number of nitrogens with zero attached hydrogens (tertiary/aromatic N) is 5. The van der Waals surface area contributed by atoms with Crippen molar-refractivity contribution in [3.8, 4) is 16.3 Å². The van der Waals surface area contributed by atoms with Crippen molar-refractivity contribution in [3.63, 3.8) is 0 Å². The number of carbonyl (C=O) groups is 4. The van der Waals surface area contributed by atoms with Crippen molar-refractivity contribution in [1.82, 2.24) is 30.2 Å². The molecule has 2 aromatic heterocycles. The third kappa shape index (κ3) is 13.0. The van der Waals surface area contributed by atoms with Crippen molar-refractivity contribution in [2.45, 2.75) is 97.4 Å². The number of hydrogen-bond donors (Lipinski definition) is 2. The van der Waals surface area contributed by atoms with Gasteiger partial charge in [0.15, 0.2) is 5.76 Å². The van der Waals surface area contributed by atoms with Gasteiger partial charge >= 0.3 is 6.09 Å². The van der Waals surface area contributed by atoms with E-state index in [1.807, 2.05) is 50.5 Å². The molecule has 1 saturated heterocycles. The number of ether oxygens (including phenoxy) is 3. The fourth-order valence-corrected chi connectivity index (χ4v) is 7.01. The standard InChI is InChI=1S/C40H58N6O9S/c1-26(2)35(38(50)46-24-30(47)21-31(46)37(49)41-23-28-11-13-29(14-12-28)36-27(3)42-25-56-36)32-22-33(43-55-32)53-19-10-9-18-52-20-17-45(16-15-34(48)44(7)8)39(51)54-40(4,5)6/h11-14,22,25-26,30-31,35,47H,9-10,15-21,23-24H2,1-8H3,(H,41,49)/t30-,31+,35+/m1/s1. The molecule has 1 fully saturated rings. The lowest BCUT2D eigenvalue weighted by molar-refractivity contribution is -0.141. The first-order chi connectivity index (χ1) is 26.5. The second-order valence-corrected chi connectivity index (χ2v) is 16.4. The Morgan fingerprint density at radius 1 is 1.07 bits per heavy atom. The lowest BCUT2D eigenvalue weighted by Gasteiger charge is -2.28. The Morgan fingerprint density at radius 2 is 1.79 bits per heavy atom. The van der Waals surface area contributed by atoms with E-state index < -0.39 is 29.8 Å². The number of hydrogen-bond acceptors (Lipinski definition) is 12. The minimum absolute atomic E-state index is 0.0395. The van der Waals surface area contributed by atoms with Gasteiger partial charge in [-0.3, -0.25) is 14.4 Å². The van der Waals surface area contributed by atoms with Crippen molar-refractivity contribution in [3.05, 3.63) is 52.9 Å². The number of benzene rings is 1. The molecule has 56 heavy (non-hydrogen) atoms. The summed E-state index contributed by atoms with van der Waals surface area (Å²) in [6, 6.07) is 8.69. The monoisotopic (exact) mass is 798 g/mol. The average Bonchev–Trinajstić information content (AvgIpc) is 3.88. The molecule has 4 rings (SSSR count). The van der Waals surface area contributed by atoms with Gasteiger partial charge in [-0.2, -0.15) is 0 Å². The molecule has 1 aliphatic heterocycles. The molecule has 4 amide bonds. The minimum Gasteiger partial charge on any atom is -0.476 e. The number of aliphatic hydroxyl groups excluding tert-OH is 1. The normalized spacial score (nSPS) is 16.1. The fraction of sp³-hybridized carbons (Fsp3) is 0.600. The zero-order chi connectivity index (χ0) is 41.0. The molecule has 0 radical (unpaired) electrons. The molecule has 2 N–H and O–H groups in total. The number of aliphatic hydroxyl groups is 1. The van der Waals surface area contributed by atoms with Crippen LogP contribution in [0.4, 0.5) is 4.79 Å². The first-order valence-electron chi connectivity index (χ1n) is 19.1. The number of rotatable bonds is 19. The van der Waals surface area contributed by atoms with E-state index in [2.05, 4.69) is 15.5 Å². The Kier molecular flexibility index (Phi) is 16.2. The highest BCUT2D eigenvalue weighted by molar-refractivity contribution is 7.13. The maximum absolute atomic E-state index is 14.0. The second kappa shape index (κ2) is 20.6. The predicted octanol–water partition coefficient (Wildman–Crippen LogP) is 5.02. The van der Waals surface area contributed by atoms with Crippen molar-refractivity contribution in [2.24, 2.45) is 5.92 Å². The third-order valence-corrected chi connectivity index (χ3v) is 10.2. The second-order valence-electron chi connectivity index (χ2n) is 15.5. The summed E-state index contributed by atoms with van der Waals surface area (Å²) in [5.41, 5.74) is 4.10. The average molecular weight is 799 g/mol. The number of nitrogens with one attached hydrogen (secondary N) is 1. The fourth-order valence-electron chi connectivity index (χ4n) is 6.20. The van der Waals surface area contributed by atoms with Crippen LogP contribution in [0.2, 0.25) is 0 Å². The van der Waals surface area contributed by atoms with E-state index in [9.17, 15) is 24.3 Å². The Balaban J connectivity index is 1.22. The molecular formula is C40H58N6O9S. The number of thiazole rings is 1. The summed E-state index contributed by atoms with van der Waals surface area (Å²) in [6.45, 7) is 13.0. The van der Waals surface area contributed by atoms with Crippen LogP contribution in [-0.2, 0) is 30.4 Å². The molecule has 16 heteroatoms. The molecule has 1 aliphatic rings. The molecule has 3 heterocycles. The summed E-state index contributed by atoms with van der Waals surface area (Å²) in [7, 11) is 3.35. The minimum atomic E-state index is -0.829. The molecular weight excluding hydrogens is 741 g/mol. The van der Waals surface area contributed by atoms with Gasteiger partial charge < -0.3 is 43.9 Å². The summed E-state index contributed by atoms with van der Waals surface area (Å²) >= 11 is 1.58. The molecule has 15 nitrogen and oxygen atoms in total. The van der Waals surface area contributed by atoms with E-state index in [1.165, 1.54) is 14.7 Å². The summed E-state index contributed by atoms with van der Waals surface area (Å²) in [4.78, 5) is 61.9. The van der Waals surface area contributed by atoms with Crippen LogP contribution >= 0.6 is 11.3 Å². The maximum atomic E-state index is 14.0. The molecule has 0 unspecified atom stereocenters. The first-order valence-corrected chi connectivity index (χ1v) is 20.0. The van der Waals surface area contributed by atoms with Crippen molar-refractivity contribution >= 4 is 35.2 Å². The Hall–Kier alpha value is -4.54. The third-order valence-electron chi connectivity index (χ3n) is 9.22. The summed E-state index contributed by atoms with van der Waals surface area (Å²) in [5, 5.41) is 17.5. The Labute approximate surface area is 333 Å². The highest BCUT2D eigenvalue weighted by Gasteiger charge is 2.43. The van der Waals surface area contributed by atoms with E-state index in [4.69, 9.17) is 18.7 Å².